The Labute approximate surface area is 159 Å². The molecule has 27 heavy (non-hydrogen) atoms. The molecule has 0 bridgehead atoms. The molecule has 0 radical (unpaired) electrons. The van der Waals surface area contributed by atoms with Gasteiger partial charge in [0.1, 0.15) is 11.5 Å². The summed E-state index contributed by atoms with van der Waals surface area (Å²) >= 11 is 5.78. The Kier molecular flexibility index (Phi) is 6.56. The van der Waals surface area contributed by atoms with Gasteiger partial charge in [0, 0.05) is 11.1 Å². The van der Waals surface area contributed by atoms with E-state index in [0.29, 0.717) is 0 Å². The molecule has 2 rings (SSSR count). The van der Waals surface area contributed by atoms with Crippen molar-refractivity contribution < 1.29 is 19.2 Å². The Morgan fingerprint density at radius 3 is 2.63 bits per heavy atom. The van der Waals surface area contributed by atoms with Gasteiger partial charge in [-0.15, -0.1) is 10.2 Å². The number of halogens is 1. The van der Waals surface area contributed by atoms with Gasteiger partial charge in [-0.2, -0.15) is 0 Å². The summed E-state index contributed by atoms with van der Waals surface area (Å²) in [4.78, 5) is 33.5. The summed E-state index contributed by atoms with van der Waals surface area (Å²) in [6.07, 6.45) is -0.295. The first-order chi connectivity index (χ1) is 12.8. The molecular weight excluding hydrogens is 376 g/mol. The average molecular weight is 391 g/mol. The second-order valence-corrected chi connectivity index (χ2v) is 5.81. The van der Waals surface area contributed by atoms with Gasteiger partial charge in [-0.3, -0.25) is 19.7 Å². The van der Waals surface area contributed by atoms with Crippen molar-refractivity contribution in [2.24, 2.45) is 10.2 Å². The number of azo groups is 1. The van der Waals surface area contributed by atoms with Crippen LogP contribution in [0.3, 0.4) is 0 Å². The number of hydrogen-bond donors (Lipinski definition) is 1. The number of rotatable bonds is 7. The molecule has 0 heterocycles. The van der Waals surface area contributed by atoms with Crippen LogP contribution in [-0.2, 0) is 9.59 Å². The molecule has 1 N–H and O–H groups in total. The van der Waals surface area contributed by atoms with Gasteiger partial charge in [0.2, 0.25) is 5.91 Å². The predicted octanol–water partition coefficient (Wildman–Crippen LogP) is 4.59. The van der Waals surface area contributed by atoms with Gasteiger partial charge < -0.3 is 10.1 Å². The van der Waals surface area contributed by atoms with Gasteiger partial charge in [0.05, 0.1) is 24.1 Å². The maximum atomic E-state index is 11.9. The van der Waals surface area contributed by atoms with Crippen molar-refractivity contribution in [3.05, 3.63) is 51.5 Å². The quantitative estimate of drug-likeness (QED) is 0.320. The summed E-state index contributed by atoms with van der Waals surface area (Å²) < 4.78 is 5.21. The summed E-state index contributed by atoms with van der Waals surface area (Å²) in [5.41, 5.74) is 0.0711. The van der Waals surface area contributed by atoms with E-state index in [1.54, 1.807) is 18.2 Å². The molecule has 0 aliphatic carbocycles. The van der Waals surface area contributed by atoms with Crippen LogP contribution in [0.5, 0.6) is 5.75 Å². The second-order valence-electron chi connectivity index (χ2n) is 5.37. The zero-order chi connectivity index (χ0) is 20.0. The van der Waals surface area contributed by atoms with E-state index < -0.39 is 10.8 Å². The van der Waals surface area contributed by atoms with Gasteiger partial charge in [-0.25, -0.2) is 0 Å². The van der Waals surface area contributed by atoms with Crippen molar-refractivity contribution in [3.8, 4) is 5.75 Å². The molecule has 10 heteroatoms. The molecule has 2 aromatic carbocycles. The summed E-state index contributed by atoms with van der Waals surface area (Å²) in [5, 5.41) is 21.8. The lowest BCUT2D eigenvalue weighted by atomic mass is 10.2. The average Bonchev–Trinajstić information content (AvgIpc) is 2.60. The number of nitro groups is 1. The molecule has 0 aromatic heterocycles. The molecule has 140 valence electrons. The van der Waals surface area contributed by atoms with Gasteiger partial charge >= 0.3 is 0 Å². The lowest BCUT2D eigenvalue weighted by Gasteiger charge is -2.10. The van der Waals surface area contributed by atoms with E-state index in [0.717, 1.165) is 6.07 Å². The van der Waals surface area contributed by atoms with Crippen LogP contribution in [0.4, 0.5) is 22.7 Å². The summed E-state index contributed by atoms with van der Waals surface area (Å²) in [5.74, 6) is -0.531. The third kappa shape index (κ3) is 5.32. The third-order valence-electron chi connectivity index (χ3n) is 3.29. The fraction of sp³-hybridized carbons (Fsp3) is 0.176. The highest BCUT2D eigenvalue weighted by Crippen LogP contribution is 2.38. The highest BCUT2D eigenvalue weighted by molar-refractivity contribution is 6.30. The fourth-order valence-corrected chi connectivity index (χ4v) is 2.31. The molecule has 9 nitrogen and oxygen atoms in total. The van der Waals surface area contributed by atoms with E-state index in [-0.39, 0.29) is 45.7 Å². The topological polar surface area (TPSA) is 123 Å². The molecule has 0 aliphatic heterocycles. The number of hydrogen-bond acceptors (Lipinski definition) is 7. The van der Waals surface area contributed by atoms with Crippen molar-refractivity contribution in [3.63, 3.8) is 0 Å². The lowest BCUT2D eigenvalue weighted by Crippen LogP contribution is -2.14. The number of carbonyl (C=O) groups excluding carboxylic acids is 2. The van der Waals surface area contributed by atoms with Gasteiger partial charge in [0.15, 0.2) is 11.4 Å². The summed E-state index contributed by atoms with van der Waals surface area (Å²) in [6.45, 7) is 1.30. The zero-order valence-corrected chi connectivity index (χ0v) is 15.2. The Hall–Kier alpha value is -3.33. The Morgan fingerprint density at radius 1 is 1.26 bits per heavy atom. The first kappa shape index (κ1) is 20.0. The number of benzene rings is 2. The van der Waals surface area contributed by atoms with Crippen LogP contribution in [0.2, 0.25) is 5.02 Å². The monoisotopic (exact) mass is 390 g/mol. The summed E-state index contributed by atoms with van der Waals surface area (Å²) in [7, 11) is 1.40. The standard InChI is InChI=1S/C17H15ClN4O5/c1-10(23)8-16(24)19-13-4-3-5-15(27-2)17(13)21-20-12-7-6-11(18)9-14(12)22(25)26/h3-7,9H,8H2,1-2H3,(H,19,24). The van der Waals surface area contributed by atoms with Crippen LogP contribution in [0.15, 0.2) is 46.6 Å². The van der Waals surface area contributed by atoms with Crippen LogP contribution in [0.25, 0.3) is 0 Å². The predicted molar refractivity (Wildman–Crippen MR) is 99.2 cm³/mol. The van der Waals surface area contributed by atoms with Gasteiger partial charge in [-0.1, -0.05) is 17.7 Å². The molecule has 0 atom stereocenters. The van der Waals surface area contributed by atoms with Crippen LogP contribution in [0, 0.1) is 10.1 Å². The van der Waals surface area contributed by atoms with Crippen LogP contribution in [0.1, 0.15) is 13.3 Å². The van der Waals surface area contributed by atoms with Crippen molar-refractivity contribution >= 4 is 46.0 Å². The third-order valence-corrected chi connectivity index (χ3v) is 3.53. The van der Waals surface area contributed by atoms with E-state index in [9.17, 15) is 19.7 Å². The van der Waals surface area contributed by atoms with Crippen molar-refractivity contribution in [1.29, 1.82) is 0 Å². The number of amides is 1. The summed E-state index contributed by atoms with van der Waals surface area (Å²) in [6, 6.07) is 8.71. The highest BCUT2D eigenvalue weighted by Gasteiger charge is 2.16. The first-order valence-electron chi connectivity index (χ1n) is 7.63. The minimum absolute atomic E-state index is 0.0173. The van der Waals surface area contributed by atoms with Gasteiger partial charge in [0.25, 0.3) is 5.69 Å². The van der Waals surface area contributed by atoms with E-state index in [1.165, 1.54) is 26.2 Å². The number of Topliss-reactive ketones (excluding diaryl/α,β-unsaturated/α-hetero) is 1. The highest BCUT2D eigenvalue weighted by atomic mass is 35.5. The Morgan fingerprint density at radius 2 is 2.00 bits per heavy atom. The van der Waals surface area contributed by atoms with Crippen molar-refractivity contribution in [2.75, 3.05) is 12.4 Å². The lowest BCUT2D eigenvalue weighted by molar-refractivity contribution is -0.384. The number of nitrogens with zero attached hydrogens (tertiary/aromatic N) is 3. The van der Waals surface area contributed by atoms with Crippen LogP contribution in [-0.4, -0.2) is 23.7 Å². The van der Waals surface area contributed by atoms with E-state index in [1.807, 2.05) is 0 Å². The smallest absolute Gasteiger partial charge is 0.298 e. The number of anilines is 1. The van der Waals surface area contributed by atoms with Crippen molar-refractivity contribution in [2.45, 2.75) is 13.3 Å². The van der Waals surface area contributed by atoms with E-state index in [2.05, 4.69) is 15.5 Å². The van der Waals surface area contributed by atoms with Crippen LogP contribution >= 0.6 is 11.6 Å². The minimum Gasteiger partial charge on any atom is -0.494 e. The maximum Gasteiger partial charge on any atom is 0.298 e. The SMILES string of the molecule is COc1cccc(NC(=O)CC(C)=O)c1N=Nc1ccc(Cl)cc1[N+](=O)[O-]. The zero-order valence-electron chi connectivity index (χ0n) is 14.4. The van der Waals surface area contributed by atoms with Crippen molar-refractivity contribution in [1.82, 2.24) is 0 Å². The van der Waals surface area contributed by atoms with Gasteiger partial charge in [-0.05, 0) is 31.2 Å². The fourth-order valence-electron chi connectivity index (χ4n) is 2.14. The molecule has 0 unspecified atom stereocenters. The Balaban J connectivity index is 2.43. The molecule has 0 fully saturated rings. The number of ketones is 1. The molecular formula is C17H15ClN4O5. The van der Waals surface area contributed by atoms with Crippen LogP contribution < -0.4 is 10.1 Å². The van der Waals surface area contributed by atoms with E-state index in [4.69, 9.17) is 16.3 Å². The number of methoxy groups -OCH3 is 1. The minimum atomic E-state index is -0.627. The second kappa shape index (κ2) is 8.86. The molecule has 0 saturated heterocycles. The number of nitrogens with one attached hydrogen (secondary N) is 1. The first-order valence-corrected chi connectivity index (χ1v) is 8.01. The normalized spacial score (nSPS) is 10.6. The molecule has 2 aromatic rings. The molecule has 0 aliphatic rings. The molecule has 0 saturated carbocycles. The molecule has 0 spiro atoms. The van der Waals surface area contributed by atoms with E-state index >= 15 is 0 Å². The Bertz CT molecular complexity index is 930. The number of nitro benzene ring substituents is 1. The number of carbonyl (C=O) groups is 2. The maximum absolute atomic E-state index is 11.9. The molecule has 1 amide bonds. The largest absolute Gasteiger partial charge is 0.494 e. The number of ether oxygens (including phenoxy) is 1.